The molecule has 1 fully saturated rings. The van der Waals surface area contributed by atoms with Crippen LogP contribution < -0.4 is 36.3 Å². The normalized spacial score (nSPS) is 13.9. The van der Waals surface area contributed by atoms with Crippen molar-refractivity contribution in [3.8, 4) is 11.5 Å². The second-order valence-electron chi connectivity index (χ2n) is 16.2. The summed E-state index contributed by atoms with van der Waals surface area (Å²) in [5.74, 6) is -1.16. The van der Waals surface area contributed by atoms with Gasteiger partial charge in [-0.2, -0.15) is 0 Å². The average molecular weight is 947 g/mol. The van der Waals surface area contributed by atoms with Crippen molar-refractivity contribution in [2.45, 2.75) is 110 Å². The molecule has 18 heteroatoms. The number of likely N-dealkylation sites (tertiary alicyclic amines) is 1. The Bertz CT molecular complexity index is 1970. The molecule has 0 saturated carbocycles. The highest BCUT2D eigenvalue weighted by atomic mass is 16.6. The Balaban J connectivity index is 1.29. The molecule has 5 N–H and O–H groups in total. The number of rotatable bonds is 30. The van der Waals surface area contributed by atoms with Crippen LogP contribution in [0, 0.1) is 0 Å². The summed E-state index contributed by atoms with van der Waals surface area (Å²) in [6, 6.07) is 20.0. The molecule has 6 amide bonds. The van der Waals surface area contributed by atoms with Crippen molar-refractivity contribution in [3.63, 3.8) is 0 Å². The number of amides is 6. The van der Waals surface area contributed by atoms with E-state index in [1.165, 1.54) is 4.90 Å². The molecule has 1 aliphatic heterocycles. The maximum Gasteiger partial charge on any atom is 0.407 e. The number of carbonyl (C=O) groups excluding carboxylic acids is 6. The number of hydrogen-bond acceptors (Lipinski definition) is 12. The van der Waals surface area contributed by atoms with Crippen LogP contribution in [-0.4, -0.2) is 118 Å². The third-order valence-electron chi connectivity index (χ3n) is 10.7. The van der Waals surface area contributed by atoms with Gasteiger partial charge < -0.3 is 49.3 Å². The van der Waals surface area contributed by atoms with Gasteiger partial charge in [0.15, 0.2) is 0 Å². The van der Waals surface area contributed by atoms with Crippen molar-refractivity contribution in [1.82, 2.24) is 31.7 Å². The molecular formula is C50H70N6O12. The summed E-state index contributed by atoms with van der Waals surface area (Å²) in [7, 11) is 0. The second kappa shape index (κ2) is 31.6. The Kier molecular flexibility index (Phi) is 25.2. The molecule has 0 spiro atoms. The van der Waals surface area contributed by atoms with Crippen molar-refractivity contribution < 1.29 is 57.2 Å². The Morgan fingerprint density at radius 3 is 1.87 bits per heavy atom. The lowest BCUT2D eigenvalue weighted by Gasteiger charge is -2.27. The Morgan fingerprint density at radius 1 is 0.632 bits per heavy atom. The van der Waals surface area contributed by atoms with E-state index in [9.17, 15) is 28.8 Å². The highest BCUT2D eigenvalue weighted by molar-refractivity contribution is 5.93. The van der Waals surface area contributed by atoms with Crippen LogP contribution in [0.2, 0.25) is 0 Å². The molecule has 0 aromatic heterocycles. The third kappa shape index (κ3) is 20.6. The van der Waals surface area contributed by atoms with Gasteiger partial charge in [-0.1, -0.05) is 94.6 Å². The number of nitrogens with zero attached hydrogens (tertiary/aromatic N) is 1. The molecule has 1 saturated heterocycles. The van der Waals surface area contributed by atoms with Gasteiger partial charge in [0.2, 0.25) is 5.91 Å². The highest BCUT2D eigenvalue weighted by Gasteiger charge is 2.36. The molecule has 0 aliphatic carbocycles. The van der Waals surface area contributed by atoms with Crippen molar-refractivity contribution in [2.24, 2.45) is 0 Å². The van der Waals surface area contributed by atoms with Crippen molar-refractivity contribution in [1.29, 1.82) is 0 Å². The molecular weight excluding hydrogens is 877 g/mol. The minimum atomic E-state index is -1.14. The van der Waals surface area contributed by atoms with Crippen LogP contribution in [0.3, 0.4) is 0 Å². The summed E-state index contributed by atoms with van der Waals surface area (Å²) >= 11 is 0. The smallest absolute Gasteiger partial charge is 0.407 e. The number of alkyl carbamates (subject to hydrolysis) is 1. The predicted molar refractivity (Wildman–Crippen MR) is 253 cm³/mol. The quantitative estimate of drug-likeness (QED) is 0.0326. The standard InChI is InChI=1S/C50H70N6O12/c1-4-7-27-65-40-21-17-37(18-22-40)33-42(52-45(57)36-64-32-31-63-30-25-51-50(62)68-35-39-14-11-10-12-15-39)46(58)54-55-47(59)44-16-13-26-56(44)49(61)53-43(48(60)67-29-9-6-3)34-38-19-23-41(24-20-38)66-28-8-5-2/h10-12,14-15,17-24,42-44H,4-9,13,16,25-36H2,1-3H3,(H,51,62)(H,52,57)(H,53,61)(H,54,58)(H,55,59)/t42-,43-,44?/m0/s1. The number of hydrogen-bond donors (Lipinski definition) is 5. The van der Waals surface area contributed by atoms with Crippen LogP contribution in [0.15, 0.2) is 78.9 Å². The molecule has 372 valence electrons. The largest absolute Gasteiger partial charge is 0.494 e. The molecule has 1 unspecified atom stereocenters. The lowest BCUT2D eigenvalue weighted by atomic mass is 10.1. The van der Waals surface area contributed by atoms with Gasteiger partial charge in [-0.15, -0.1) is 0 Å². The first-order chi connectivity index (χ1) is 33.1. The van der Waals surface area contributed by atoms with Crippen LogP contribution in [0.4, 0.5) is 9.59 Å². The minimum absolute atomic E-state index is 0.0618. The first-order valence-electron chi connectivity index (χ1n) is 23.8. The Hall–Kier alpha value is -6.40. The summed E-state index contributed by atoms with van der Waals surface area (Å²) in [5.41, 5.74) is 7.23. The van der Waals surface area contributed by atoms with Crippen LogP contribution in [0.5, 0.6) is 11.5 Å². The molecule has 0 radical (unpaired) electrons. The maximum atomic E-state index is 13.8. The summed E-state index contributed by atoms with van der Waals surface area (Å²) in [5, 5.41) is 8.08. The number of ether oxygens (including phenoxy) is 6. The summed E-state index contributed by atoms with van der Waals surface area (Å²) in [6.45, 7) is 8.11. The van der Waals surface area contributed by atoms with Gasteiger partial charge in [0, 0.05) is 25.9 Å². The van der Waals surface area contributed by atoms with E-state index in [1.807, 2.05) is 61.5 Å². The molecule has 0 bridgehead atoms. The van der Waals surface area contributed by atoms with E-state index in [1.54, 1.807) is 24.3 Å². The summed E-state index contributed by atoms with van der Waals surface area (Å²) < 4.78 is 33.2. The van der Waals surface area contributed by atoms with E-state index < -0.39 is 53.9 Å². The van der Waals surface area contributed by atoms with Crippen LogP contribution >= 0.6 is 0 Å². The fourth-order valence-corrected chi connectivity index (χ4v) is 6.83. The minimum Gasteiger partial charge on any atom is -0.494 e. The summed E-state index contributed by atoms with van der Waals surface area (Å²) in [6.07, 6.45) is 5.79. The topological polar surface area (TPSA) is 221 Å². The molecule has 3 aromatic rings. The summed E-state index contributed by atoms with van der Waals surface area (Å²) in [4.78, 5) is 80.6. The SMILES string of the molecule is CCCCOC(=O)[C@H](Cc1ccc(OCCCC)cc1)NC(=O)N1CCCC1C(=O)NNC(=O)[C@H](Cc1ccc(OCCCC)cc1)NC(=O)COCCOCCNC(=O)OCc1ccccc1. The van der Waals surface area contributed by atoms with Crippen LogP contribution in [0.25, 0.3) is 0 Å². The van der Waals surface area contributed by atoms with Gasteiger partial charge in [-0.3, -0.25) is 25.2 Å². The Morgan fingerprint density at radius 2 is 1.24 bits per heavy atom. The van der Waals surface area contributed by atoms with E-state index in [4.69, 9.17) is 28.4 Å². The van der Waals surface area contributed by atoms with E-state index in [2.05, 4.69) is 40.6 Å². The zero-order valence-corrected chi connectivity index (χ0v) is 39.7. The predicted octanol–water partition coefficient (Wildman–Crippen LogP) is 5.31. The van der Waals surface area contributed by atoms with Gasteiger partial charge in [0.1, 0.15) is 42.8 Å². The lowest BCUT2D eigenvalue weighted by Crippen LogP contribution is -2.58. The van der Waals surface area contributed by atoms with Gasteiger partial charge >= 0.3 is 18.1 Å². The molecule has 3 atom stereocenters. The number of carbonyl (C=O) groups is 6. The van der Waals surface area contributed by atoms with Gasteiger partial charge in [0.25, 0.3) is 11.8 Å². The maximum absolute atomic E-state index is 13.8. The zero-order valence-electron chi connectivity index (χ0n) is 39.7. The fraction of sp³-hybridized carbons (Fsp3) is 0.520. The number of esters is 1. The van der Waals surface area contributed by atoms with Gasteiger partial charge in [-0.05, 0) is 73.1 Å². The molecule has 1 heterocycles. The number of nitrogens with one attached hydrogen (secondary N) is 5. The Labute approximate surface area is 399 Å². The molecule has 1 aliphatic rings. The van der Waals surface area contributed by atoms with Crippen molar-refractivity contribution >= 4 is 35.8 Å². The van der Waals surface area contributed by atoms with Crippen LogP contribution in [-0.2, 0) is 57.6 Å². The lowest BCUT2D eigenvalue weighted by molar-refractivity contribution is -0.146. The number of unbranched alkanes of at least 4 members (excludes halogenated alkanes) is 3. The monoisotopic (exact) mass is 947 g/mol. The zero-order chi connectivity index (χ0) is 48.8. The average Bonchev–Trinajstić information content (AvgIpc) is 3.85. The van der Waals surface area contributed by atoms with E-state index in [0.717, 1.165) is 43.2 Å². The third-order valence-corrected chi connectivity index (χ3v) is 10.7. The van der Waals surface area contributed by atoms with E-state index >= 15 is 0 Å². The van der Waals surface area contributed by atoms with Gasteiger partial charge in [0.05, 0.1) is 39.6 Å². The molecule has 68 heavy (non-hydrogen) atoms. The van der Waals surface area contributed by atoms with Crippen molar-refractivity contribution in [3.05, 3.63) is 95.6 Å². The first-order valence-corrected chi connectivity index (χ1v) is 23.8. The van der Waals surface area contributed by atoms with Crippen molar-refractivity contribution in [2.75, 3.05) is 59.3 Å². The first kappa shape index (κ1) is 54.2. The second-order valence-corrected chi connectivity index (χ2v) is 16.2. The number of hydrazine groups is 1. The molecule has 4 rings (SSSR count). The van der Waals surface area contributed by atoms with Gasteiger partial charge in [-0.25, -0.2) is 14.4 Å². The fourth-order valence-electron chi connectivity index (χ4n) is 6.83. The van der Waals surface area contributed by atoms with E-state index in [-0.39, 0.29) is 65.6 Å². The number of urea groups is 1. The molecule has 3 aromatic carbocycles. The van der Waals surface area contributed by atoms with Crippen LogP contribution in [0.1, 0.15) is 88.8 Å². The number of benzene rings is 3. The molecule has 18 nitrogen and oxygen atoms in total. The van der Waals surface area contributed by atoms with E-state index in [0.29, 0.717) is 49.5 Å². The highest BCUT2D eigenvalue weighted by Crippen LogP contribution is 2.20.